The summed E-state index contributed by atoms with van der Waals surface area (Å²) in [6, 6.07) is 2.57. The van der Waals surface area contributed by atoms with Gasteiger partial charge in [-0.2, -0.15) is 5.10 Å². The van der Waals surface area contributed by atoms with E-state index in [2.05, 4.69) is 33.7 Å². The minimum atomic E-state index is 0.0780. The highest BCUT2D eigenvalue weighted by Crippen LogP contribution is 2.25. The molecule has 130 valence electrons. The van der Waals surface area contributed by atoms with Gasteiger partial charge in [-0.3, -0.25) is 14.4 Å². The first-order valence-electron chi connectivity index (χ1n) is 8.50. The summed E-state index contributed by atoms with van der Waals surface area (Å²) in [6.45, 7) is 8.93. The van der Waals surface area contributed by atoms with Gasteiger partial charge in [-0.1, -0.05) is 0 Å². The Morgan fingerprint density at radius 1 is 1.46 bits per heavy atom. The van der Waals surface area contributed by atoms with Crippen LogP contribution in [0, 0.1) is 13.8 Å². The average molecular weight is 347 g/mol. The number of carbonyl (C=O) groups is 1. The van der Waals surface area contributed by atoms with Crippen molar-refractivity contribution in [2.45, 2.75) is 46.2 Å². The number of aromatic nitrogens is 2. The largest absolute Gasteiger partial charge is 0.354 e. The summed E-state index contributed by atoms with van der Waals surface area (Å²) >= 11 is 1.86. The third-order valence-corrected chi connectivity index (χ3v) is 6.07. The van der Waals surface area contributed by atoms with E-state index in [-0.39, 0.29) is 5.91 Å². The molecule has 2 aromatic heterocycles. The molecule has 0 fully saturated rings. The number of nitrogens with zero attached hydrogens (tertiary/aromatic N) is 3. The van der Waals surface area contributed by atoms with Crippen LogP contribution in [0.4, 0.5) is 0 Å². The number of carbonyl (C=O) groups excluding carboxylic acids is 1. The van der Waals surface area contributed by atoms with Gasteiger partial charge in [0, 0.05) is 48.9 Å². The Morgan fingerprint density at radius 3 is 2.96 bits per heavy atom. The summed E-state index contributed by atoms with van der Waals surface area (Å²) in [7, 11) is 1.92. The molecule has 0 unspecified atom stereocenters. The number of nitrogens with one attached hydrogen (secondary N) is 1. The quantitative estimate of drug-likeness (QED) is 0.903. The van der Waals surface area contributed by atoms with Crippen LogP contribution < -0.4 is 5.32 Å². The van der Waals surface area contributed by atoms with E-state index in [1.165, 1.54) is 10.4 Å². The van der Waals surface area contributed by atoms with Crippen LogP contribution >= 0.6 is 11.3 Å². The lowest BCUT2D eigenvalue weighted by Gasteiger charge is -2.32. The van der Waals surface area contributed by atoms with Gasteiger partial charge in [0.25, 0.3) is 0 Å². The van der Waals surface area contributed by atoms with Crippen molar-refractivity contribution < 1.29 is 4.79 Å². The maximum absolute atomic E-state index is 12.3. The Bertz CT molecular complexity index is 733. The Morgan fingerprint density at radius 2 is 2.25 bits per heavy atom. The van der Waals surface area contributed by atoms with E-state index < -0.39 is 0 Å². The van der Waals surface area contributed by atoms with Crippen LogP contribution in [-0.4, -0.2) is 39.7 Å². The first-order valence-corrected chi connectivity index (χ1v) is 9.38. The zero-order chi connectivity index (χ0) is 17.3. The molecule has 1 amide bonds. The van der Waals surface area contributed by atoms with Crippen LogP contribution in [0.15, 0.2) is 11.4 Å². The molecular weight excluding hydrogens is 320 g/mol. The number of aryl methyl sites for hydroxylation is 2. The van der Waals surface area contributed by atoms with E-state index in [1.807, 2.05) is 36.9 Å². The van der Waals surface area contributed by atoms with Crippen molar-refractivity contribution in [3.63, 3.8) is 0 Å². The normalized spacial score (nSPS) is 16.0. The van der Waals surface area contributed by atoms with Crippen LogP contribution in [0.25, 0.3) is 0 Å². The van der Waals surface area contributed by atoms with E-state index in [4.69, 9.17) is 0 Å². The molecule has 0 aliphatic carbocycles. The predicted molar refractivity (Wildman–Crippen MR) is 97.3 cm³/mol. The van der Waals surface area contributed by atoms with Gasteiger partial charge in [-0.25, -0.2) is 0 Å². The van der Waals surface area contributed by atoms with Crippen LogP contribution in [0.1, 0.15) is 34.3 Å². The predicted octanol–water partition coefficient (Wildman–Crippen LogP) is 2.20. The molecule has 24 heavy (non-hydrogen) atoms. The molecule has 0 bridgehead atoms. The van der Waals surface area contributed by atoms with Crippen LogP contribution in [-0.2, 0) is 31.2 Å². The van der Waals surface area contributed by atoms with E-state index in [0.29, 0.717) is 19.0 Å². The summed E-state index contributed by atoms with van der Waals surface area (Å²) < 4.78 is 1.84. The van der Waals surface area contributed by atoms with Gasteiger partial charge in [0.1, 0.15) is 0 Å². The lowest BCUT2D eigenvalue weighted by molar-refractivity contribution is -0.120. The molecule has 0 saturated carbocycles. The summed E-state index contributed by atoms with van der Waals surface area (Å²) in [6.07, 6.45) is 1.53. The second-order valence-electron chi connectivity index (χ2n) is 6.69. The highest BCUT2D eigenvalue weighted by Gasteiger charge is 2.22. The van der Waals surface area contributed by atoms with Crippen molar-refractivity contribution in [2.24, 2.45) is 7.05 Å². The standard InChI is InChI=1S/C18H26N4OS/c1-12(22-7-5-17-15(11-22)6-8-24-17)10-19-18(23)9-16-13(2)20-21(4)14(16)3/h6,8,12H,5,7,9-11H2,1-4H3,(H,19,23)/t12-/m1/s1. The van der Waals surface area contributed by atoms with Crippen molar-refractivity contribution in [3.8, 4) is 0 Å². The fourth-order valence-corrected chi connectivity index (χ4v) is 4.22. The van der Waals surface area contributed by atoms with Crippen molar-refractivity contribution in [1.29, 1.82) is 0 Å². The van der Waals surface area contributed by atoms with Crippen molar-refractivity contribution >= 4 is 17.2 Å². The second-order valence-corrected chi connectivity index (χ2v) is 7.69. The van der Waals surface area contributed by atoms with E-state index in [0.717, 1.165) is 36.5 Å². The summed E-state index contributed by atoms with van der Waals surface area (Å²) in [5.41, 5.74) is 4.51. The minimum absolute atomic E-state index is 0.0780. The average Bonchev–Trinajstić information content (AvgIpc) is 3.12. The van der Waals surface area contributed by atoms with Gasteiger partial charge in [0.2, 0.25) is 5.91 Å². The van der Waals surface area contributed by atoms with Crippen LogP contribution in [0.5, 0.6) is 0 Å². The Labute approximate surface area is 147 Å². The monoisotopic (exact) mass is 346 g/mol. The lowest BCUT2D eigenvalue weighted by Crippen LogP contribution is -2.44. The molecule has 6 heteroatoms. The number of fused-ring (bicyclic) bond motifs is 1. The number of hydrogen-bond donors (Lipinski definition) is 1. The molecule has 3 rings (SSSR count). The summed E-state index contributed by atoms with van der Waals surface area (Å²) in [5, 5.41) is 9.65. The molecule has 0 spiro atoms. The molecule has 0 aromatic carbocycles. The molecule has 1 aliphatic rings. The summed E-state index contributed by atoms with van der Waals surface area (Å²) in [5.74, 6) is 0.0780. The van der Waals surface area contributed by atoms with Crippen molar-refractivity contribution in [1.82, 2.24) is 20.0 Å². The number of rotatable bonds is 5. The van der Waals surface area contributed by atoms with Gasteiger partial charge < -0.3 is 5.32 Å². The summed E-state index contributed by atoms with van der Waals surface area (Å²) in [4.78, 5) is 16.3. The van der Waals surface area contributed by atoms with E-state index in [1.54, 1.807) is 0 Å². The maximum Gasteiger partial charge on any atom is 0.224 e. The smallest absolute Gasteiger partial charge is 0.224 e. The molecule has 0 saturated heterocycles. The molecular formula is C18H26N4OS. The molecule has 5 nitrogen and oxygen atoms in total. The zero-order valence-electron chi connectivity index (χ0n) is 14.9. The van der Waals surface area contributed by atoms with Crippen LogP contribution in [0.3, 0.4) is 0 Å². The molecule has 1 aliphatic heterocycles. The Balaban J connectivity index is 1.51. The second kappa shape index (κ2) is 7.07. The van der Waals surface area contributed by atoms with Gasteiger partial charge in [-0.05, 0) is 44.2 Å². The fraction of sp³-hybridized carbons (Fsp3) is 0.556. The topological polar surface area (TPSA) is 50.2 Å². The Hall–Kier alpha value is -1.66. The van der Waals surface area contributed by atoms with Crippen molar-refractivity contribution in [2.75, 3.05) is 13.1 Å². The highest BCUT2D eigenvalue weighted by atomic mass is 32.1. The zero-order valence-corrected chi connectivity index (χ0v) is 15.7. The third-order valence-electron chi connectivity index (χ3n) is 5.05. The highest BCUT2D eigenvalue weighted by molar-refractivity contribution is 7.10. The van der Waals surface area contributed by atoms with Crippen molar-refractivity contribution in [3.05, 3.63) is 38.8 Å². The molecule has 0 radical (unpaired) electrons. The van der Waals surface area contributed by atoms with Gasteiger partial charge in [0.15, 0.2) is 0 Å². The first-order chi connectivity index (χ1) is 11.5. The Kier molecular flexibility index (Phi) is 5.06. The third kappa shape index (κ3) is 3.54. The fourth-order valence-electron chi connectivity index (χ4n) is 3.33. The van der Waals surface area contributed by atoms with E-state index >= 15 is 0 Å². The molecule has 2 aromatic rings. The SMILES string of the molecule is Cc1nn(C)c(C)c1CC(=O)NC[C@@H](C)N1CCc2sccc2C1. The van der Waals surface area contributed by atoms with Gasteiger partial charge >= 0.3 is 0 Å². The number of amides is 1. The minimum Gasteiger partial charge on any atom is -0.354 e. The van der Waals surface area contributed by atoms with E-state index in [9.17, 15) is 4.79 Å². The van der Waals surface area contributed by atoms with Gasteiger partial charge in [-0.15, -0.1) is 11.3 Å². The molecule has 3 heterocycles. The molecule has 1 atom stereocenters. The first kappa shape index (κ1) is 17.2. The molecule has 1 N–H and O–H groups in total. The number of hydrogen-bond acceptors (Lipinski definition) is 4. The number of thiophene rings is 1. The maximum atomic E-state index is 12.3. The van der Waals surface area contributed by atoms with Gasteiger partial charge in [0.05, 0.1) is 12.1 Å². The van der Waals surface area contributed by atoms with Crippen LogP contribution in [0.2, 0.25) is 0 Å². The lowest BCUT2D eigenvalue weighted by atomic mass is 10.1.